The lowest BCUT2D eigenvalue weighted by Crippen LogP contribution is -2.27. The number of rotatable bonds is 6. The fourth-order valence-corrected chi connectivity index (χ4v) is 3.38. The summed E-state index contributed by atoms with van der Waals surface area (Å²) in [4.78, 5) is 0. The maximum Gasteiger partial charge on any atom is 0.218 e. The summed E-state index contributed by atoms with van der Waals surface area (Å²) < 4.78 is 31.4. The minimum Gasteiger partial charge on any atom is -0.497 e. The molecule has 0 saturated heterocycles. The Morgan fingerprint density at radius 3 is 2.32 bits per heavy atom. The van der Waals surface area contributed by atoms with Crippen LogP contribution in [-0.2, 0) is 22.3 Å². The van der Waals surface area contributed by atoms with Gasteiger partial charge in [-0.1, -0.05) is 42.0 Å². The van der Waals surface area contributed by atoms with E-state index in [0.717, 1.165) is 22.4 Å². The normalized spacial score (nSPS) is 11.6. The van der Waals surface area contributed by atoms with E-state index in [2.05, 4.69) is 0 Å². The van der Waals surface area contributed by atoms with Crippen LogP contribution < -0.4 is 4.74 Å². The highest BCUT2D eigenvalue weighted by atomic mass is 32.2. The van der Waals surface area contributed by atoms with Gasteiger partial charge in [-0.25, -0.2) is 12.7 Å². The third kappa shape index (κ3) is 4.32. The third-order valence-electron chi connectivity index (χ3n) is 3.47. The highest BCUT2D eigenvalue weighted by Gasteiger charge is 2.18. The maximum atomic E-state index is 12.4. The Balaban J connectivity index is 2.07. The largest absolute Gasteiger partial charge is 0.497 e. The van der Waals surface area contributed by atoms with Gasteiger partial charge >= 0.3 is 0 Å². The van der Waals surface area contributed by atoms with E-state index >= 15 is 0 Å². The molecule has 2 aromatic rings. The summed E-state index contributed by atoms with van der Waals surface area (Å²) >= 11 is 0. The van der Waals surface area contributed by atoms with E-state index in [4.69, 9.17) is 4.74 Å². The second kappa shape index (κ2) is 6.94. The van der Waals surface area contributed by atoms with Gasteiger partial charge in [-0.3, -0.25) is 0 Å². The molecule has 0 bridgehead atoms. The summed E-state index contributed by atoms with van der Waals surface area (Å²) in [5, 5.41) is 0. The van der Waals surface area contributed by atoms with E-state index in [1.807, 2.05) is 55.5 Å². The molecule has 0 radical (unpaired) electrons. The Bertz CT molecular complexity index is 724. The highest BCUT2D eigenvalue weighted by Crippen LogP contribution is 2.16. The predicted octanol–water partition coefficient (Wildman–Crippen LogP) is 2.97. The highest BCUT2D eigenvalue weighted by molar-refractivity contribution is 7.88. The first kappa shape index (κ1) is 16.5. The van der Waals surface area contributed by atoms with Crippen molar-refractivity contribution in [1.29, 1.82) is 0 Å². The Morgan fingerprint density at radius 1 is 1.05 bits per heavy atom. The van der Waals surface area contributed by atoms with Crippen LogP contribution in [0.25, 0.3) is 0 Å². The fraction of sp³-hybridized carbons (Fsp3) is 0.294. The number of benzene rings is 2. The van der Waals surface area contributed by atoms with Crippen LogP contribution in [0, 0.1) is 6.92 Å². The van der Waals surface area contributed by atoms with Crippen molar-refractivity contribution in [2.45, 2.75) is 19.2 Å². The second-order valence-corrected chi connectivity index (χ2v) is 7.43. The number of sulfonamides is 1. The van der Waals surface area contributed by atoms with Gasteiger partial charge < -0.3 is 4.74 Å². The summed E-state index contributed by atoms with van der Waals surface area (Å²) in [5.41, 5.74) is 2.79. The molecule has 0 aliphatic carbocycles. The first-order valence-corrected chi connectivity index (χ1v) is 8.64. The summed E-state index contributed by atoms with van der Waals surface area (Å²) in [5.74, 6) is 0.774. The maximum absolute atomic E-state index is 12.4. The van der Waals surface area contributed by atoms with Gasteiger partial charge in [0.1, 0.15) is 5.75 Å². The Labute approximate surface area is 132 Å². The van der Waals surface area contributed by atoms with Gasteiger partial charge in [-0.05, 0) is 30.2 Å². The molecule has 0 aliphatic heterocycles. The SMILES string of the molecule is COc1ccc(CN(C)S(=O)(=O)Cc2cccc(C)c2)cc1. The van der Waals surface area contributed by atoms with Crippen LogP contribution >= 0.6 is 0 Å². The third-order valence-corrected chi connectivity index (χ3v) is 5.25. The average Bonchev–Trinajstić information content (AvgIpc) is 2.47. The molecule has 2 aromatic carbocycles. The molecule has 0 heterocycles. The van der Waals surface area contributed by atoms with Crippen molar-refractivity contribution in [1.82, 2.24) is 4.31 Å². The Hall–Kier alpha value is -1.85. The van der Waals surface area contributed by atoms with E-state index in [-0.39, 0.29) is 5.75 Å². The zero-order valence-electron chi connectivity index (χ0n) is 13.1. The molecule has 5 heteroatoms. The smallest absolute Gasteiger partial charge is 0.218 e. The van der Waals surface area contributed by atoms with Crippen molar-refractivity contribution in [3.8, 4) is 5.75 Å². The molecule has 0 amide bonds. The van der Waals surface area contributed by atoms with Crippen molar-refractivity contribution in [3.05, 3.63) is 65.2 Å². The molecule has 0 atom stereocenters. The van der Waals surface area contributed by atoms with E-state index in [1.54, 1.807) is 14.2 Å². The van der Waals surface area contributed by atoms with Crippen LogP contribution in [0.2, 0.25) is 0 Å². The molecule has 4 nitrogen and oxygen atoms in total. The second-order valence-electron chi connectivity index (χ2n) is 5.35. The molecule has 0 unspecified atom stereocenters. The predicted molar refractivity (Wildman–Crippen MR) is 88.3 cm³/mol. The van der Waals surface area contributed by atoms with Gasteiger partial charge in [-0.15, -0.1) is 0 Å². The molecule has 0 saturated carbocycles. The molecule has 0 aromatic heterocycles. The van der Waals surface area contributed by atoms with Crippen LogP contribution in [0.15, 0.2) is 48.5 Å². The van der Waals surface area contributed by atoms with Crippen molar-refractivity contribution in [3.63, 3.8) is 0 Å². The zero-order valence-corrected chi connectivity index (χ0v) is 13.9. The van der Waals surface area contributed by atoms with Gasteiger partial charge in [-0.2, -0.15) is 0 Å². The monoisotopic (exact) mass is 319 g/mol. The van der Waals surface area contributed by atoms with Crippen LogP contribution in [-0.4, -0.2) is 26.9 Å². The van der Waals surface area contributed by atoms with Gasteiger partial charge in [0, 0.05) is 13.6 Å². The van der Waals surface area contributed by atoms with E-state index in [1.165, 1.54) is 4.31 Å². The van der Waals surface area contributed by atoms with Crippen molar-refractivity contribution in [2.75, 3.05) is 14.2 Å². The van der Waals surface area contributed by atoms with Crippen molar-refractivity contribution >= 4 is 10.0 Å². The molecular formula is C17H21NO3S. The quantitative estimate of drug-likeness (QED) is 0.822. The summed E-state index contributed by atoms with van der Waals surface area (Å²) in [6, 6.07) is 15.0. The summed E-state index contributed by atoms with van der Waals surface area (Å²) in [6.07, 6.45) is 0. The van der Waals surface area contributed by atoms with E-state index in [9.17, 15) is 8.42 Å². The minimum absolute atomic E-state index is 0.0152. The fourth-order valence-electron chi connectivity index (χ4n) is 2.21. The lowest BCUT2D eigenvalue weighted by molar-refractivity contribution is 0.414. The van der Waals surface area contributed by atoms with Gasteiger partial charge in [0.05, 0.1) is 12.9 Å². The van der Waals surface area contributed by atoms with Crippen LogP contribution in [0.1, 0.15) is 16.7 Å². The average molecular weight is 319 g/mol. The topological polar surface area (TPSA) is 46.6 Å². The molecule has 0 spiro atoms. The number of methoxy groups -OCH3 is 1. The van der Waals surface area contributed by atoms with Gasteiger partial charge in [0.2, 0.25) is 10.0 Å². The standard InChI is InChI=1S/C17H21NO3S/c1-14-5-4-6-16(11-14)13-22(19,20)18(2)12-15-7-9-17(21-3)10-8-15/h4-11H,12-13H2,1-3H3. The lowest BCUT2D eigenvalue weighted by Gasteiger charge is -2.17. The molecule has 22 heavy (non-hydrogen) atoms. The molecule has 0 fully saturated rings. The van der Waals surface area contributed by atoms with E-state index in [0.29, 0.717) is 6.54 Å². The minimum atomic E-state index is -3.34. The Morgan fingerprint density at radius 2 is 1.73 bits per heavy atom. The zero-order chi connectivity index (χ0) is 16.2. The van der Waals surface area contributed by atoms with Crippen LogP contribution in [0.4, 0.5) is 0 Å². The van der Waals surface area contributed by atoms with E-state index < -0.39 is 10.0 Å². The van der Waals surface area contributed by atoms with Crippen LogP contribution in [0.5, 0.6) is 5.75 Å². The van der Waals surface area contributed by atoms with Gasteiger partial charge in [0.25, 0.3) is 0 Å². The summed E-state index contributed by atoms with van der Waals surface area (Å²) in [6.45, 7) is 2.30. The summed E-state index contributed by atoms with van der Waals surface area (Å²) in [7, 11) is -0.131. The molecule has 0 N–H and O–H groups in total. The number of hydrogen-bond donors (Lipinski definition) is 0. The van der Waals surface area contributed by atoms with Crippen molar-refractivity contribution in [2.24, 2.45) is 0 Å². The first-order valence-electron chi connectivity index (χ1n) is 7.03. The van der Waals surface area contributed by atoms with Crippen molar-refractivity contribution < 1.29 is 13.2 Å². The number of aryl methyl sites for hydroxylation is 1. The number of hydrogen-bond acceptors (Lipinski definition) is 3. The number of nitrogens with zero attached hydrogens (tertiary/aromatic N) is 1. The Kier molecular flexibility index (Phi) is 5.21. The first-order chi connectivity index (χ1) is 10.4. The van der Waals surface area contributed by atoms with Gasteiger partial charge in [0.15, 0.2) is 0 Å². The lowest BCUT2D eigenvalue weighted by atomic mass is 10.2. The van der Waals surface area contributed by atoms with Crippen LogP contribution in [0.3, 0.4) is 0 Å². The molecule has 118 valence electrons. The molecule has 0 aliphatic rings. The number of ether oxygens (including phenoxy) is 1. The molecular weight excluding hydrogens is 298 g/mol. The molecule has 2 rings (SSSR count).